The van der Waals surface area contributed by atoms with Gasteiger partial charge in [0.05, 0.1) is 45.0 Å². The molecular formula is C31H42N2O9S. The summed E-state index contributed by atoms with van der Waals surface area (Å²) in [7, 11) is -2.56. The quantitative estimate of drug-likeness (QED) is 0.456. The van der Waals surface area contributed by atoms with E-state index in [4.69, 9.17) is 23.7 Å². The number of aliphatic hydroxyl groups excluding tert-OH is 1. The normalized spacial score (nSPS) is 25.6. The molecule has 236 valence electrons. The Kier molecular flexibility index (Phi) is 10.8. The number of benzene rings is 2. The molecule has 2 saturated heterocycles. The van der Waals surface area contributed by atoms with E-state index >= 15 is 0 Å². The number of nitrogens with one attached hydrogen (secondary N) is 1. The number of hydrogen-bond acceptors (Lipinski definition) is 9. The van der Waals surface area contributed by atoms with Gasteiger partial charge in [0, 0.05) is 19.2 Å². The van der Waals surface area contributed by atoms with Gasteiger partial charge in [-0.25, -0.2) is 13.2 Å². The van der Waals surface area contributed by atoms with E-state index in [0.29, 0.717) is 25.4 Å². The molecule has 11 nitrogen and oxygen atoms in total. The summed E-state index contributed by atoms with van der Waals surface area (Å²) in [5.74, 6) is 0.674. The topological polar surface area (TPSA) is 133 Å². The monoisotopic (exact) mass is 618 g/mol. The molecule has 2 fully saturated rings. The SMILES string of the molecule is COc1ccc2c(c1)OCCCCCCCN(C[C@@H](O)[C@H](Cc1ccccc1)NC(=O)O[C@H]1CO[C@H]3OCC[C@H]31)S2(=O)=O. The second-order valence-corrected chi connectivity index (χ2v) is 13.2. The number of methoxy groups -OCH3 is 1. The number of aliphatic hydroxyl groups is 1. The molecule has 0 saturated carbocycles. The van der Waals surface area contributed by atoms with Crippen LogP contribution >= 0.6 is 0 Å². The highest BCUT2D eigenvalue weighted by Crippen LogP contribution is 2.34. The molecule has 0 spiro atoms. The Hall–Kier alpha value is -2.90. The van der Waals surface area contributed by atoms with E-state index in [9.17, 15) is 18.3 Å². The number of carbonyl (C=O) groups is 1. The van der Waals surface area contributed by atoms with Gasteiger partial charge in [-0.1, -0.05) is 49.6 Å². The number of ether oxygens (including phenoxy) is 5. The van der Waals surface area contributed by atoms with Crippen molar-refractivity contribution in [2.75, 3.05) is 40.0 Å². The molecule has 3 aliphatic rings. The van der Waals surface area contributed by atoms with Crippen LogP contribution in [0.4, 0.5) is 4.79 Å². The Morgan fingerprint density at radius 1 is 1.07 bits per heavy atom. The van der Waals surface area contributed by atoms with E-state index < -0.39 is 34.4 Å². The molecule has 0 unspecified atom stereocenters. The lowest BCUT2D eigenvalue weighted by atomic mass is 10.0. The number of sulfonamides is 1. The van der Waals surface area contributed by atoms with E-state index in [1.165, 1.54) is 17.5 Å². The van der Waals surface area contributed by atoms with E-state index in [1.54, 1.807) is 12.1 Å². The molecule has 3 heterocycles. The van der Waals surface area contributed by atoms with Crippen LogP contribution in [0.1, 0.15) is 44.1 Å². The smallest absolute Gasteiger partial charge is 0.407 e. The van der Waals surface area contributed by atoms with Crippen LogP contribution in [0.3, 0.4) is 0 Å². The Bertz CT molecular complexity index is 1310. The van der Waals surface area contributed by atoms with Gasteiger partial charge >= 0.3 is 6.09 Å². The summed E-state index contributed by atoms with van der Waals surface area (Å²) in [6.07, 6.45) is 2.51. The number of alkyl carbamates (subject to hydrolysis) is 1. The van der Waals surface area contributed by atoms with Crippen molar-refractivity contribution in [3.63, 3.8) is 0 Å². The fourth-order valence-corrected chi connectivity index (χ4v) is 7.46. The zero-order valence-corrected chi connectivity index (χ0v) is 25.4. The number of rotatable bonds is 8. The van der Waals surface area contributed by atoms with Crippen molar-refractivity contribution < 1.29 is 42.0 Å². The summed E-state index contributed by atoms with van der Waals surface area (Å²) < 4.78 is 57.5. The van der Waals surface area contributed by atoms with Crippen molar-refractivity contribution in [1.82, 2.24) is 9.62 Å². The number of fused-ring (bicyclic) bond motifs is 2. The number of nitrogens with zero attached hydrogens (tertiary/aromatic N) is 1. The lowest BCUT2D eigenvalue weighted by Gasteiger charge is -2.30. The summed E-state index contributed by atoms with van der Waals surface area (Å²) in [6.45, 7) is 1.18. The predicted molar refractivity (Wildman–Crippen MR) is 157 cm³/mol. The maximum Gasteiger partial charge on any atom is 0.407 e. The molecule has 2 aromatic carbocycles. The van der Waals surface area contributed by atoms with Gasteiger partial charge in [0.2, 0.25) is 10.0 Å². The first-order valence-corrected chi connectivity index (χ1v) is 16.5. The van der Waals surface area contributed by atoms with Gasteiger partial charge in [0.25, 0.3) is 0 Å². The van der Waals surface area contributed by atoms with Crippen LogP contribution in [0.15, 0.2) is 53.4 Å². The first-order chi connectivity index (χ1) is 20.8. The van der Waals surface area contributed by atoms with Gasteiger partial charge in [0.1, 0.15) is 22.5 Å². The highest BCUT2D eigenvalue weighted by molar-refractivity contribution is 7.89. The minimum atomic E-state index is -4.08. The molecule has 5 atom stereocenters. The summed E-state index contributed by atoms with van der Waals surface area (Å²) in [4.78, 5) is 13.1. The second kappa shape index (κ2) is 14.7. The van der Waals surface area contributed by atoms with Crippen LogP contribution < -0.4 is 14.8 Å². The van der Waals surface area contributed by atoms with Crippen molar-refractivity contribution in [2.24, 2.45) is 5.92 Å². The number of amides is 1. The van der Waals surface area contributed by atoms with Crippen LogP contribution in [0.5, 0.6) is 11.5 Å². The molecule has 0 aliphatic carbocycles. The van der Waals surface area contributed by atoms with E-state index in [1.807, 2.05) is 30.3 Å². The highest BCUT2D eigenvalue weighted by atomic mass is 32.2. The van der Waals surface area contributed by atoms with Crippen LogP contribution in [-0.4, -0.2) is 88.5 Å². The van der Waals surface area contributed by atoms with Crippen LogP contribution in [0.2, 0.25) is 0 Å². The Morgan fingerprint density at radius 3 is 2.67 bits per heavy atom. The molecule has 2 aromatic rings. The zero-order chi connectivity index (χ0) is 30.2. The summed E-state index contributed by atoms with van der Waals surface area (Å²) >= 11 is 0. The lowest BCUT2D eigenvalue weighted by Crippen LogP contribution is -2.51. The highest BCUT2D eigenvalue weighted by Gasteiger charge is 2.44. The third-order valence-corrected chi connectivity index (χ3v) is 10.2. The number of hydrogen-bond donors (Lipinski definition) is 2. The fraction of sp³-hybridized carbons (Fsp3) is 0.581. The summed E-state index contributed by atoms with van der Waals surface area (Å²) in [6, 6.07) is 13.2. The van der Waals surface area contributed by atoms with E-state index in [-0.39, 0.29) is 49.0 Å². The van der Waals surface area contributed by atoms with Crippen molar-refractivity contribution in [3.05, 3.63) is 54.1 Å². The molecule has 1 amide bonds. The molecular weight excluding hydrogens is 576 g/mol. The number of β-amino-alcohol motifs (C(OH)–C–C–N with tert-alkyl or cyclic N) is 1. The third kappa shape index (κ3) is 7.98. The van der Waals surface area contributed by atoms with Gasteiger partial charge < -0.3 is 34.1 Å². The van der Waals surface area contributed by atoms with Crippen LogP contribution in [0, 0.1) is 5.92 Å². The van der Waals surface area contributed by atoms with Gasteiger partial charge in [-0.15, -0.1) is 0 Å². The first-order valence-electron chi connectivity index (χ1n) is 15.1. The second-order valence-electron chi connectivity index (χ2n) is 11.3. The van der Waals surface area contributed by atoms with E-state index in [0.717, 1.165) is 37.7 Å². The molecule has 43 heavy (non-hydrogen) atoms. The average Bonchev–Trinajstić information content (AvgIpc) is 3.62. The number of carbonyl (C=O) groups excluding carboxylic acids is 1. The average molecular weight is 619 g/mol. The molecule has 5 rings (SSSR count). The minimum Gasteiger partial charge on any atom is -0.497 e. The summed E-state index contributed by atoms with van der Waals surface area (Å²) in [5, 5.41) is 14.4. The van der Waals surface area contributed by atoms with Crippen LogP contribution in [0.25, 0.3) is 0 Å². The maximum absolute atomic E-state index is 14.1. The fourth-order valence-electron chi connectivity index (χ4n) is 5.85. The molecule has 0 bridgehead atoms. The molecule has 3 aliphatic heterocycles. The third-order valence-electron chi connectivity index (χ3n) is 8.28. The van der Waals surface area contributed by atoms with Gasteiger partial charge in [-0.3, -0.25) is 0 Å². The molecule has 2 N–H and O–H groups in total. The molecule has 0 radical (unpaired) electrons. The largest absolute Gasteiger partial charge is 0.497 e. The van der Waals surface area contributed by atoms with Crippen molar-refractivity contribution in [2.45, 2.75) is 74.4 Å². The Balaban J connectivity index is 1.36. The Morgan fingerprint density at radius 2 is 1.86 bits per heavy atom. The maximum atomic E-state index is 14.1. The van der Waals surface area contributed by atoms with Crippen molar-refractivity contribution >= 4 is 16.1 Å². The molecule has 0 aromatic heterocycles. The van der Waals surface area contributed by atoms with Gasteiger partial charge in [-0.05, 0) is 43.4 Å². The van der Waals surface area contributed by atoms with Gasteiger partial charge in [-0.2, -0.15) is 4.31 Å². The lowest BCUT2D eigenvalue weighted by molar-refractivity contribution is -0.0907. The van der Waals surface area contributed by atoms with E-state index in [2.05, 4.69) is 5.32 Å². The minimum absolute atomic E-state index is 0.0163. The Labute approximate surface area is 253 Å². The van der Waals surface area contributed by atoms with Gasteiger partial charge in [0.15, 0.2) is 6.29 Å². The predicted octanol–water partition coefficient (Wildman–Crippen LogP) is 3.49. The molecule has 12 heteroatoms. The zero-order valence-electron chi connectivity index (χ0n) is 24.6. The van der Waals surface area contributed by atoms with Crippen LogP contribution in [-0.2, 0) is 30.7 Å². The standard InChI is InChI=1S/C31H42N2O9S/c1-38-23-12-13-29-27(19-23)39-16-9-4-2-3-8-15-33(43(29,36)37)20-26(34)25(18-22-10-6-5-7-11-22)32-31(35)42-28-21-41-30-24(28)14-17-40-30/h5-7,10-13,19,24-26,28,30,34H,2-4,8-9,14-18,20-21H2,1H3,(H,32,35)/t24-,25-,26+,28-,30+/m0/s1. The van der Waals surface area contributed by atoms with Crippen molar-refractivity contribution in [3.8, 4) is 11.5 Å². The van der Waals surface area contributed by atoms with Crippen molar-refractivity contribution in [1.29, 1.82) is 0 Å². The first kappa shape index (κ1) is 31.5. The summed E-state index contributed by atoms with van der Waals surface area (Å²) in [5.41, 5.74) is 0.877.